The first-order valence-electron chi connectivity index (χ1n) is 4.67. The monoisotopic (exact) mass is 275 g/mol. The molecule has 1 aliphatic rings. The lowest BCUT2D eigenvalue weighted by atomic mass is 10.2. The molecule has 0 saturated carbocycles. The minimum absolute atomic E-state index is 0.172. The van der Waals surface area contributed by atoms with Crippen molar-refractivity contribution in [2.24, 2.45) is 0 Å². The lowest BCUT2D eigenvalue weighted by Gasteiger charge is -2.16. The van der Waals surface area contributed by atoms with Crippen molar-refractivity contribution < 1.29 is 14.2 Å². The molecule has 1 aromatic carbocycles. The maximum absolute atomic E-state index is 13.4. The third kappa shape index (κ3) is 2.48. The molecule has 15 heavy (non-hydrogen) atoms. The summed E-state index contributed by atoms with van der Waals surface area (Å²) in [5.74, 6) is -0.255. The molecule has 1 saturated heterocycles. The number of aliphatic hydroxyl groups is 1. The third-order valence-corrected chi connectivity index (χ3v) is 2.79. The molecule has 1 aromatic rings. The largest absolute Gasteiger partial charge is 0.483 e. The SMILES string of the molecule is OC1CNCC1Oc1ccc(Br)cc1F. The van der Waals surface area contributed by atoms with Gasteiger partial charge in [-0.2, -0.15) is 0 Å². The minimum atomic E-state index is -0.576. The number of nitrogens with one attached hydrogen (secondary N) is 1. The summed E-state index contributed by atoms with van der Waals surface area (Å²) in [6.45, 7) is 1.03. The van der Waals surface area contributed by atoms with Gasteiger partial charge in [0.25, 0.3) is 0 Å². The Kier molecular flexibility index (Phi) is 3.23. The van der Waals surface area contributed by atoms with Gasteiger partial charge in [-0.15, -0.1) is 0 Å². The normalized spacial score (nSPS) is 25.5. The molecule has 2 atom stereocenters. The van der Waals surface area contributed by atoms with Gasteiger partial charge in [0, 0.05) is 17.6 Å². The molecule has 0 amide bonds. The van der Waals surface area contributed by atoms with Gasteiger partial charge in [0.15, 0.2) is 11.6 Å². The summed E-state index contributed by atoms with van der Waals surface area (Å²) in [5.41, 5.74) is 0. The van der Waals surface area contributed by atoms with Gasteiger partial charge in [-0.1, -0.05) is 15.9 Å². The Bertz CT molecular complexity index is 361. The predicted octanol–water partition coefficient (Wildman–Crippen LogP) is 1.30. The second-order valence-electron chi connectivity index (χ2n) is 3.46. The van der Waals surface area contributed by atoms with Crippen molar-refractivity contribution in [3.63, 3.8) is 0 Å². The summed E-state index contributed by atoms with van der Waals surface area (Å²) in [4.78, 5) is 0. The van der Waals surface area contributed by atoms with Gasteiger partial charge in [-0.3, -0.25) is 0 Å². The lowest BCUT2D eigenvalue weighted by Crippen LogP contribution is -2.30. The number of β-amino-alcohol motifs (C(OH)–C–C–N with tert-alkyl or cyclic N) is 1. The maximum Gasteiger partial charge on any atom is 0.166 e. The molecule has 0 radical (unpaired) electrons. The van der Waals surface area contributed by atoms with E-state index in [2.05, 4.69) is 21.2 Å². The van der Waals surface area contributed by atoms with Crippen molar-refractivity contribution in [2.75, 3.05) is 13.1 Å². The van der Waals surface area contributed by atoms with E-state index in [9.17, 15) is 9.50 Å². The maximum atomic E-state index is 13.4. The van der Waals surface area contributed by atoms with Crippen molar-refractivity contribution in [2.45, 2.75) is 12.2 Å². The zero-order valence-electron chi connectivity index (χ0n) is 7.91. The van der Waals surface area contributed by atoms with Crippen LogP contribution in [0.4, 0.5) is 4.39 Å². The van der Waals surface area contributed by atoms with Gasteiger partial charge >= 0.3 is 0 Å². The quantitative estimate of drug-likeness (QED) is 0.855. The van der Waals surface area contributed by atoms with E-state index in [0.717, 1.165) is 0 Å². The van der Waals surface area contributed by atoms with Crippen LogP contribution in [-0.2, 0) is 0 Å². The highest BCUT2D eigenvalue weighted by atomic mass is 79.9. The van der Waals surface area contributed by atoms with E-state index in [0.29, 0.717) is 17.6 Å². The highest BCUT2D eigenvalue weighted by Gasteiger charge is 2.27. The van der Waals surface area contributed by atoms with Crippen molar-refractivity contribution in [1.29, 1.82) is 0 Å². The van der Waals surface area contributed by atoms with E-state index >= 15 is 0 Å². The standard InChI is InChI=1S/C10H11BrFNO2/c11-6-1-2-9(7(12)3-6)15-10-5-13-4-8(10)14/h1-3,8,10,13-14H,4-5H2. The second kappa shape index (κ2) is 4.47. The van der Waals surface area contributed by atoms with Crippen LogP contribution in [0.25, 0.3) is 0 Å². The number of aliphatic hydroxyl groups excluding tert-OH is 1. The Morgan fingerprint density at radius 2 is 2.27 bits per heavy atom. The van der Waals surface area contributed by atoms with Crippen LogP contribution in [-0.4, -0.2) is 30.4 Å². The van der Waals surface area contributed by atoms with Crippen LogP contribution >= 0.6 is 15.9 Å². The number of hydrogen-bond donors (Lipinski definition) is 2. The average molecular weight is 276 g/mol. The van der Waals surface area contributed by atoms with Crippen LogP contribution in [0.5, 0.6) is 5.75 Å². The smallest absolute Gasteiger partial charge is 0.166 e. The van der Waals surface area contributed by atoms with Crippen molar-refractivity contribution in [3.05, 3.63) is 28.5 Å². The Hall–Kier alpha value is -0.650. The Labute approximate surface area is 95.4 Å². The minimum Gasteiger partial charge on any atom is -0.483 e. The van der Waals surface area contributed by atoms with Crippen LogP contribution in [0.15, 0.2) is 22.7 Å². The fourth-order valence-electron chi connectivity index (χ4n) is 1.50. The van der Waals surface area contributed by atoms with Crippen LogP contribution in [0, 0.1) is 5.82 Å². The first kappa shape index (κ1) is 10.9. The van der Waals surface area contributed by atoms with E-state index in [1.807, 2.05) is 0 Å². The molecule has 1 fully saturated rings. The van der Waals surface area contributed by atoms with E-state index < -0.39 is 11.9 Å². The van der Waals surface area contributed by atoms with Crippen molar-refractivity contribution >= 4 is 15.9 Å². The molecular weight excluding hydrogens is 265 g/mol. The zero-order valence-corrected chi connectivity index (χ0v) is 9.50. The molecule has 0 bridgehead atoms. The Morgan fingerprint density at radius 1 is 1.47 bits per heavy atom. The van der Waals surface area contributed by atoms with Gasteiger partial charge in [0.05, 0.1) is 0 Å². The molecule has 2 N–H and O–H groups in total. The topological polar surface area (TPSA) is 41.5 Å². The highest BCUT2D eigenvalue weighted by Crippen LogP contribution is 2.23. The molecule has 0 spiro atoms. The van der Waals surface area contributed by atoms with Gasteiger partial charge < -0.3 is 15.2 Å². The fraction of sp³-hybridized carbons (Fsp3) is 0.400. The van der Waals surface area contributed by atoms with E-state index in [1.165, 1.54) is 6.07 Å². The molecule has 0 aliphatic carbocycles. The average Bonchev–Trinajstić information content (AvgIpc) is 2.57. The fourth-order valence-corrected chi connectivity index (χ4v) is 1.83. The van der Waals surface area contributed by atoms with Gasteiger partial charge in [0.1, 0.15) is 12.2 Å². The zero-order chi connectivity index (χ0) is 10.8. The van der Waals surface area contributed by atoms with E-state index in [4.69, 9.17) is 4.74 Å². The first-order chi connectivity index (χ1) is 7.16. The van der Waals surface area contributed by atoms with Crippen molar-refractivity contribution in [3.8, 4) is 5.75 Å². The Balaban J connectivity index is 2.10. The molecule has 5 heteroatoms. The summed E-state index contributed by atoms with van der Waals surface area (Å²) in [5, 5.41) is 12.4. The van der Waals surface area contributed by atoms with Crippen LogP contribution in [0.2, 0.25) is 0 Å². The summed E-state index contributed by atoms with van der Waals surface area (Å²) < 4.78 is 19.4. The molecule has 2 unspecified atom stereocenters. The predicted molar refractivity (Wildman–Crippen MR) is 57.4 cm³/mol. The van der Waals surface area contributed by atoms with E-state index in [-0.39, 0.29) is 11.9 Å². The van der Waals surface area contributed by atoms with E-state index in [1.54, 1.807) is 12.1 Å². The number of benzene rings is 1. The molecule has 3 nitrogen and oxygen atoms in total. The van der Waals surface area contributed by atoms with Crippen LogP contribution in [0.1, 0.15) is 0 Å². The molecular formula is C10H11BrFNO2. The summed E-state index contributed by atoms with van der Waals surface area (Å²) in [6.07, 6.45) is -0.950. The van der Waals surface area contributed by atoms with Gasteiger partial charge in [-0.25, -0.2) is 4.39 Å². The summed E-state index contributed by atoms with van der Waals surface area (Å²) >= 11 is 3.16. The number of hydrogen-bond acceptors (Lipinski definition) is 3. The second-order valence-corrected chi connectivity index (χ2v) is 4.37. The highest BCUT2D eigenvalue weighted by molar-refractivity contribution is 9.10. The van der Waals surface area contributed by atoms with Gasteiger partial charge in [-0.05, 0) is 18.2 Å². The molecule has 1 aliphatic heterocycles. The van der Waals surface area contributed by atoms with Gasteiger partial charge in [0.2, 0.25) is 0 Å². The van der Waals surface area contributed by atoms with Crippen LogP contribution in [0.3, 0.4) is 0 Å². The third-order valence-electron chi connectivity index (χ3n) is 2.30. The number of rotatable bonds is 2. The molecule has 2 rings (SSSR count). The summed E-state index contributed by atoms with van der Waals surface area (Å²) in [7, 11) is 0. The Morgan fingerprint density at radius 3 is 2.87 bits per heavy atom. The first-order valence-corrected chi connectivity index (χ1v) is 5.46. The lowest BCUT2D eigenvalue weighted by molar-refractivity contribution is 0.0710. The molecule has 82 valence electrons. The molecule has 0 aromatic heterocycles. The van der Waals surface area contributed by atoms with Crippen molar-refractivity contribution in [1.82, 2.24) is 5.32 Å². The number of ether oxygens (including phenoxy) is 1. The molecule has 1 heterocycles. The summed E-state index contributed by atoms with van der Waals surface area (Å²) in [6, 6.07) is 4.59. The number of halogens is 2. The van der Waals surface area contributed by atoms with Crippen LogP contribution < -0.4 is 10.1 Å².